The number of halogens is 4. The maximum atomic E-state index is 12.9. The van der Waals surface area contributed by atoms with E-state index in [1.165, 1.54) is 20.3 Å². The van der Waals surface area contributed by atoms with Crippen LogP contribution < -0.4 is 4.74 Å². The predicted octanol–water partition coefficient (Wildman–Crippen LogP) is 5.48. The number of fused-ring (bicyclic) bond motifs is 1. The predicted molar refractivity (Wildman–Crippen MR) is 97.8 cm³/mol. The SMILES string of the molecule is COC(=O)c1ccc2c(OC)cc(-c3ccc(C(F)(F)F)cc3Br)nc2c1. The molecule has 1 aromatic heterocycles. The zero-order valence-corrected chi connectivity index (χ0v) is 15.8. The molecule has 0 unspecified atom stereocenters. The van der Waals surface area contributed by atoms with E-state index in [0.717, 1.165) is 12.1 Å². The molecule has 0 spiro atoms. The fourth-order valence-electron chi connectivity index (χ4n) is 2.65. The van der Waals surface area contributed by atoms with Crippen molar-refractivity contribution in [2.45, 2.75) is 6.18 Å². The zero-order chi connectivity index (χ0) is 19.8. The van der Waals surface area contributed by atoms with E-state index in [9.17, 15) is 18.0 Å². The van der Waals surface area contributed by atoms with Crippen molar-refractivity contribution in [2.24, 2.45) is 0 Å². The molecule has 8 heteroatoms. The number of hydrogen-bond donors (Lipinski definition) is 0. The third-order valence-corrected chi connectivity index (χ3v) is 4.64. The lowest BCUT2D eigenvalue weighted by Crippen LogP contribution is -2.05. The van der Waals surface area contributed by atoms with Gasteiger partial charge in [0.15, 0.2) is 0 Å². The van der Waals surface area contributed by atoms with E-state index in [-0.39, 0.29) is 4.47 Å². The average Bonchev–Trinajstić information content (AvgIpc) is 2.65. The minimum atomic E-state index is -4.44. The highest BCUT2D eigenvalue weighted by Gasteiger charge is 2.31. The number of benzene rings is 2. The Balaban J connectivity index is 2.18. The first-order valence-electron chi connectivity index (χ1n) is 7.69. The van der Waals surface area contributed by atoms with Gasteiger partial charge in [0.25, 0.3) is 0 Å². The summed E-state index contributed by atoms with van der Waals surface area (Å²) < 4.78 is 49.0. The molecule has 1 heterocycles. The number of ether oxygens (including phenoxy) is 2. The van der Waals surface area contributed by atoms with Gasteiger partial charge < -0.3 is 9.47 Å². The molecule has 0 bridgehead atoms. The van der Waals surface area contributed by atoms with Crippen molar-refractivity contribution in [3.05, 3.63) is 58.1 Å². The lowest BCUT2D eigenvalue weighted by atomic mass is 10.1. The van der Waals surface area contributed by atoms with Gasteiger partial charge in [0.05, 0.1) is 36.6 Å². The van der Waals surface area contributed by atoms with Crippen LogP contribution in [0.3, 0.4) is 0 Å². The van der Waals surface area contributed by atoms with Crippen LogP contribution in [0.25, 0.3) is 22.2 Å². The maximum Gasteiger partial charge on any atom is 0.416 e. The van der Waals surface area contributed by atoms with Crippen LogP contribution in [0.5, 0.6) is 5.75 Å². The van der Waals surface area contributed by atoms with E-state index >= 15 is 0 Å². The number of rotatable bonds is 3. The highest BCUT2D eigenvalue weighted by Crippen LogP contribution is 2.37. The second kappa shape index (κ2) is 7.19. The van der Waals surface area contributed by atoms with Gasteiger partial charge in [0, 0.05) is 21.5 Å². The Morgan fingerprint density at radius 2 is 1.81 bits per heavy atom. The highest BCUT2D eigenvalue weighted by atomic mass is 79.9. The first kappa shape index (κ1) is 19.2. The molecule has 0 radical (unpaired) electrons. The lowest BCUT2D eigenvalue weighted by Gasteiger charge is -2.12. The minimum Gasteiger partial charge on any atom is -0.496 e. The number of esters is 1. The summed E-state index contributed by atoms with van der Waals surface area (Å²) in [4.78, 5) is 16.2. The Kier molecular flexibility index (Phi) is 5.10. The Bertz CT molecular complexity index is 1030. The Labute approximate surface area is 161 Å². The molecule has 0 saturated heterocycles. The van der Waals surface area contributed by atoms with E-state index < -0.39 is 17.7 Å². The fraction of sp³-hybridized carbons (Fsp3) is 0.158. The second-order valence-corrected chi connectivity index (χ2v) is 6.48. The monoisotopic (exact) mass is 439 g/mol. The van der Waals surface area contributed by atoms with Crippen LogP contribution in [0, 0.1) is 0 Å². The molecule has 0 fully saturated rings. The quantitative estimate of drug-likeness (QED) is 0.507. The summed E-state index contributed by atoms with van der Waals surface area (Å²) in [5, 5.41) is 0.664. The molecule has 0 aliphatic rings. The molecule has 0 amide bonds. The Hall–Kier alpha value is -2.61. The number of aromatic nitrogens is 1. The Morgan fingerprint density at radius 1 is 1.07 bits per heavy atom. The minimum absolute atomic E-state index is 0.246. The smallest absolute Gasteiger partial charge is 0.416 e. The molecular formula is C19H13BrF3NO3. The van der Waals surface area contributed by atoms with Crippen molar-refractivity contribution in [1.82, 2.24) is 4.98 Å². The Morgan fingerprint density at radius 3 is 2.41 bits per heavy atom. The van der Waals surface area contributed by atoms with Gasteiger partial charge in [-0.2, -0.15) is 13.2 Å². The van der Waals surface area contributed by atoms with Gasteiger partial charge >= 0.3 is 12.1 Å². The van der Waals surface area contributed by atoms with Gasteiger partial charge in [-0.05, 0) is 30.3 Å². The van der Waals surface area contributed by atoms with Crippen molar-refractivity contribution in [3.8, 4) is 17.0 Å². The van der Waals surface area contributed by atoms with Crippen LogP contribution in [-0.2, 0) is 10.9 Å². The van der Waals surface area contributed by atoms with Crippen molar-refractivity contribution in [2.75, 3.05) is 14.2 Å². The molecule has 140 valence electrons. The molecule has 4 nitrogen and oxygen atoms in total. The van der Waals surface area contributed by atoms with E-state index in [4.69, 9.17) is 9.47 Å². The largest absolute Gasteiger partial charge is 0.496 e. The summed E-state index contributed by atoms with van der Waals surface area (Å²) in [5.41, 5.74) is 0.870. The van der Waals surface area contributed by atoms with Crippen molar-refractivity contribution >= 4 is 32.8 Å². The fourth-order valence-corrected chi connectivity index (χ4v) is 3.23. The summed E-state index contributed by atoms with van der Waals surface area (Å²) in [6.07, 6.45) is -4.44. The van der Waals surface area contributed by atoms with Crippen LogP contribution >= 0.6 is 15.9 Å². The van der Waals surface area contributed by atoms with E-state index in [0.29, 0.717) is 33.5 Å². The van der Waals surface area contributed by atoms with Gasteiger partial charge in [-0.3, -0.25) is 0 Å². The number of methoxy groups -OCH3 is 2. The van der Waals surface area contributed by atoms with Crippen LogP contribution in [0.1, 0.15) is 15.9 Å². The number of nitrogens with zero attached hydrogens (tertiary/aromatic N) is 1. The first-order chi connectivity index (χ1) is 12.7. The third kappa shape index (κ3) is 3.75. The average molecular weight is 440 g/mol. The normalized spacial score (nSPS) is 11.5. The third-order valence-electron chi connectivity index (χ3n) is 3.99. The van der Waals surface area contributed by atoms with Crippen molar-refractivity contribution in [3.63, 3.8) is 0 Å². The summed E-state index contributed by atoms with van der Waals surface area (Å²) in [6.45, 7) is 0. The van der Waals surface area contributed by atoms with Crippen LogP contribution in [0.15, 0.2) is 46.9 Å². The van der Waals surface area contributed by atoms with E-state index in [1.54, 1.807) is 24.3 Å². The molecule has 2 aromatic carbocycles. The second-order valence-electron chi connectivity index (χ2n) is 5.63. The molecule has 3 aromatic rings. The van der Waals surface area contributed by atoms with E-state index in [1.807, 2.05) is 0 Å². The van der Waals surface area contributed by atoms with Crippen LogP contribution in [0.4, 0.5) is 13.2 Å². The van der Waals surface area contributed by atoms with Gasteiger partial charge in [0.2, 0.25) is 0 Å². The summed E-state index contributed by atoms with van der Waals surface area (Å²) >= 11 is 3.18. The molecule has 0 saturated carbocycles. The number of carbonyl (C=O) groups is 1. The number of hydrogen-bond acceptors (Lipinski definition) is 4. The van der Waals surface area contributed by atoms with Crippen molar-refractivity contribution in [1.29, 1.82) is 0 Å². The molecule has 27 heavy (non-hydrogen) atoms. The summed E-state index contributed by atoms with van der Waals surface area (Å²) in [7, 11) is 2.75. The van der Waals surface area contributed by atoms with Crippen molar-refractivity contribution < 1.29 is 27.4 Å². The summed E-state index contributed by atoms with van der Waals surface area (Å²) in [6, 6.07) is 9.77. The standard InChI is InChI=1S/C19H13BrF3NO3/c1-26-17-9-16(12-6-4-11(8-14(12)20)19(21,22)23)24-15-7-10(18(25)27-2)3-5-13(15)17/h3-9H,1-2H3. The summed E-state index contributed by atoms with van der Waals surface area (Å²) in [5.74, 6) is -0.0306. The van der Waals surface area contributed by atoms with Gasteiger partial charge in [-0.1, -0.05) is 22.0 Å². The van der Waals surface area contributed by atoms with Gasteiger partial charge in [-0.15, -0.1) is 0 Å². The molecule has 3 rings (SSSR count). The van der Waals surface area contributed by atoms with Crippen LogP contribution in [0.2, 0.25) is 0 Å². The molecular weight excluding hydrogens is 427 g/mol. The van der Waals surface area contributed by atoms with Gasteiger partial charge in [-0.25, -0.2) is 9.78 Å². The number of carbonyl (C=O) groups excluding carboxylic acids is 1. The zero-order valence-electron chi connectivity index (χ0n) is 14.2. The molecule has 0 aliphatic carbocycles. The molecule has 0 N–H and O–H groups in total. The topological polar surface area (TPSA) is 48.4 Å². The maximum absolute atomic E-state index is 12.9. The number of pyridine rings is 1. The van der Waals surface area contributed by atoms with Crippen LogP contribution in [-0.4, -0.2) is 25.2 Å². The molecule has 0 atom stereocenters. The lowest BCUT2D eigenvalue weighted by molar-refractivity contribution is -0.137. The van der Waals surface area contributed by atoms with Gasteiger partial charge in [0.1, 0.15) is 5.75 Å². The highest BCUT2D eigenvalue weighted by molar-refractivity contribution is 9.10. The first-order valence-corrected chi connectivity index (χ1v) is 8.48. The molecule has 0 aliphatic heterocycles. The van der Waals surface area contributed by atoms with E-state index in [2.05, 4.69) is 20.9 Å². The number of alkyl halides is 3.